The maximum Gasteiger partial charge on any atom is 0.235 e. The third-order valence-corrected chi connectivity index (χ3v) is 5.45. The topological polar surface area (TPSA) is 51.0 Å². The van der Waals surface area contributed by atoms with Crippen molar-refractivity contribution in [2.45, 2.75) is 24.3 Å². The molecule has 0 saturated carbocycles. The lowest BCUT2D eigenvalue weighted by Gasteiger charge is -2.17. The van der Waals surface area contributed by atoms with Crippen molar-refractivity contribution >= 4 is 29.3 Å². The van der Waals surface area contributed by atoms with E-state index < -0.39 is 0 Å². The Morgan fingerprint density at radius 2 is 1.78 bits per heavy atom. The molecule has 5 nitrogen and oxygen atoms in total. The highest BCUT2D eigenvalue weighted by Crippen LogP contribution is 2.32. The van der Waals surface area contributed by atoms with Gasteiger partial charge in [0, 0.05) is 24.7 Å². The number of rotatable bonds is 5. The lowest BCUT2D eigenvalue weighted by molar-refractivity contribution is -0.127. The van der Waals surface area contributed by atoms with E-state index in [2.05, 4.69) is 10.2 Å². The Balaban J connectivity index is 2.11. The van der Waals surface area contributed by atoms with Crippen molar-refractivity contribution in [2.24, 2.45) is 0 Å². The van der Waals surface area contributed by atoms with Crippen molar-refractivity contribution in [3.63, 3.8) is 0 Å². The molecule has 0 aliphatic rings. The zero-order valence-corrected chi connectivity index (χ0v) is 17.3. The number of hydrogen-bond donors (Lipinski definition) is 0. The fourth-order valence-electron chi connectivity index (χ4n) is 2.74. The molecular formula is C20H21ClN4OS. The first-order chi connectivity index (χ1) is 12.9. The van der Waals surface area contributed by atoms with Crippen molar-refractivity contribution in [1.29, 1.82) is 0 Å². The lowest BCUT2D eigenvalue weighted by Crippen LogP contribution is -2.29. The number of carbonyl (C=O) groups excluding carboxylic acids is 1. The van der Waals surface area contributed by atoms with Crippen molar-refractivity contribution in [3.05, 3.63) is 59.1 Å². The van der Waals surface area contributed by atoms with Gasteiger partial charge in [-0.2, -0.15) is 0 Å². The second-order valence-corrected chi connectivity index (χ2v) is 8.17. The van der Waals surface area contributed by atoms with Gasteiger partial charge in [-0.05, 0) is 49.7 Å². The number of nitrogens with zero attached hydrogens (tertiary/aromatic N) is 4. The van der Waals surface area contributed by atoms with Crippen LogP contribution >= 0.6 is 23.4 Å². The van der Waals surface area contributed by atoms with Crippen LogP contribution in [0.2, 0.25) is 5.02 Å². The molecule has 0 aliphatic heterocycles. The minimum Gasteiger partial charge on any atom is -0.348 e. The number of aromatic nitrogens is 3. The molecule has 0 aliphatic carbocycles. The number of amides is 1. The summed E-state index contributed by atoms with van der Waals surface area (Å²) in [5, 5.41) is 9.87. The molecule has 0 fully saturated rings. The molecule has 0 radical (unpaired) electrons. The van der Waals surface area contributed by atoms with Crippen LogP contribution in [0.5, 0.6) is 0 Å². The Morgan fingerprint density at radius 3 is 2.41 bits per heavy atom. The minimum absolute atomic E-state index is 0.0346. The third-order valence-electron chi connectivity index (χ3n) is 4.16. The second kappa shape index (κ2) is 8.15. The summed E-state index contributed by atoms with van der Waals surface area (Å²) in [5.41, 5.74) is 2.99. The smallest absolute Gasteiger partial charge is 0.235 e. The van der Waals surface area contributed by atoms with Crippen LogP contribution < -0.4 is 0 Å². The molecule has 0 saturated heterocycles. The Morgan fingerprint density at radius 1 is 1.11 bits per heavy atom. The van der Waals surface area contributed by atoms with E-state index in [1.807, 2.05) is 66.9 Å². The van der Waals surface area contributed by atoms with E-state index >= 15 is 0 Å². The zero-order valence-electron chi connectivity index (χ0n) is 15.7. The number of halogens is 1. The highest BCUT2D eigenvalue weighted by atomic mass is 35.5. The number of hydrogen-bond acceptors (Lipinski definition) is 4. The number of para-hydroxylation sites is 1. The molecule has 0 bridgehead atoms. The summed E-state index contributed by atoms with van der Waals surface area (Å²) >= 11 is 7.43. The van der Waals surface area contributed by atoms with E-state index in [0.717, 1.165) is 16.8 Å². The predicted octanol–water partition coefficient (Wildman–Crippen LogP) is 4.46. The van der Waals surface area contributed by atoms with Crippen LogP contribution in [0.15, 0.2) is 53.7 Å². The Hall–Kier alpha value is -2.31. The Bertz CT molecular complexity index is 953. The van der Waals surface area contributed by atoms with Gasteiger partial charge in [-0.15, -0.1) is 10.2 Å². The van der Waals surface area contributed by atoms with Crippen LogP contribution in [0.25, 0.3) is 17.1 Å². The molecule has 3 aromatic rings. The first-order valence-corrected chi connectivity index (χ1v) is 9.79. The van der Waals surface area contributed by atoms with Gasteiger partial charge in [-0.25, -0.2) is 0 Å². The average molecular weight is 401 g/mol. The van der Waals surface area contributed by atoms with Crippen LogP contribution in [-0.4, -0.2) is 44.9 Å². The van der Waals surface area contributed by atoms with E-state index in [1.54, 1.807) is 19.0 Å². The normalized spacial score (nSPS) is 12.0. The molecule has 2 aromatic carbocycles. The summed E-state index contributed by atoms with van der Waals surface area (Å²) in [6.07, 6.45) is 0. The maximum atomic E-state index is 12.3. The predicted molar refractivity (Wildman–Crippen MR) is 111 cm³/mol. The molecule has 3 rings (SSSR count). The Kier molecular flexibility index (Phi) is 5.87. The standard InChI is InChI=1S/C20H21ClN4OS/c1-13-7-5-6-8-17(13)25-18(15-9-11-16(21)12-10-15)22-23-20(25)27-14(2)19(26)24(3)4/h5-12,14H,1-4H3. The molecular weight excluding hydrogens is 380 g/mol. The van der Waals surface area contributed by atoms with Gasteiger partial charge in [0.15, 0.2) is 11.0 Å². The third kappa shape index (κ3) is 4.17. The highest BCUT2D eigenvalue weighted by molar-refractivity contribution is 8.00. The molecule has 7 heteroatoms. The van der Waals surface area contributed by atoms with E-state index in [-0.39, 0.29) is 11.2 Å². The summed E-state index contributed by atoms with van der Waals surface area (Å²) in [6.45, 7) is 3.93. The average Bonchev–Trinajstić information content (AvgIpc) is 3.05. The molecule has 27 heavy (non-hydrogen) atoms. The first kappa shape index (κ1) is 19.5. The molecule has 1 unspecified atom stereocenters. The molecule has 0 N–H and O–H groups in total. The summed E-state index contributed by atoms with van der Waals surface area (Å²) in [7, 11) is 3.51. The van der Waals surface area contributed by atoms with Gasteiger partial charge in [-0.3, -0.25) is 9.36 Å². The molecule has 1 atom stereocenters. The van der Waals surface area contributed by atoms with Gasteiger partial charge >= 0.3 is 0 Å². The zero-order chi connectivity index (χ0) is 19.6. The van der Waals surface area contributed by atoms with Gasteiger partial charge in [0.05, 0.1) is 10.9 Å². The van der Waals surface area contributed by atoms with Crippen LogP contribution in [0.3, 0.4) is 0 Å². The highest BCUT2D eigenvalue weighted by Gasteiger charge is 2.23. The van der Waals surface area contributed by atoms with Crippen molar-refractivity contribution in [2.75, 3.05) is 14.1 Å². The van der Waals surface area contributed by atoms with E-state index in [9.17, 15) is 4.79 Å². The minimum atomic E-state index is -0.273. The Labute approximate surface area is 168 Å². The molecule has 1 aromatic heterocycles. The summed E-state index contributed by atoms with van der Waals surface area (Å²) in [4.78, 5) is 13.9. The molecule has 140 valence electrons. The van der Waals surface area contributed by atoms with Crippen molar-refractivity contribution in [1.82, 2.24) is 19.7 Å². The lowest BCUT2D eigenvalue weighted by atomic mass is 10.1. The van der Waals surface area contributed by atoms with Gasteiger partial charge in [0.2, 0.25) is 5.91 Å². The van der Waals surface area contributed by atoms with Crippen molar-refractivity contribution in [3.8, 4) is 17.1 Å². The van der Waals surface area contributed by atoms with Gasteiger partial charge < -0.3 is 4.90 Å². The van der Waals surface area contributed by atoms with Gasteiger partial charge in [0.25, 0.3) is 0 Å². The molecule has 0 spiro atoms. The molecule has 1 heterocycles. The number of benzene rings is 2. The maximum absolute atomic E-state index is 12.3. The summed E-state index contributed by atoms with van der Waals surface area (Å²) in [5.74, 6) is 0.750. The SMILES string of the molecule is Cc1ccccc1-n1c(SC(C)C(=O)N(C)C)nnc1-c1ccc(Cl)cc1. The van der Waals surface area contributed by atoms with Crippen LogP contribution in [0, 0.1) is 6.92 Å². The largest absolute Gasteiger partial charge is 0.348 e. The van der Waals surface area contributed by atoms with E-state index in [1.165, 1.54) is 11.8 Å². The summed E-state index contributed by atoms with van der Waals surface area (Å²) in [6, 6.07) is 15.6. The van der Waals surface area contributed by atoms with Crippen LogP contribution in [0.4, 0.5) is 0 Å². The monoisotopic (exact) mass is 400 g/mol. The van der Waals surface area contributed by atoms with Crippen LogP contribution in [0.1, 0.15) is 12.5 Å². The van der Waals surface area contributed by atoms with Crippen LogP contribution in [-0.2, 0) is 4.79 Å². The molecule has 1 amide bonds. The number of carbonyl (C=O) groups is 1. The fraction of sp³-hybridized carbons (Fsp3) is 0.250. The number of aryl methyl sites for hydroxylation is 1. The van der Waals surface area contributed by atoms with E-state index in [4.69, 9.17) is 11.6 Å². The summed E-state index contributed by atoms with van der Waals surface area (Å²) < 4.78 is 2.00. The van der Waals surface area contributed by atoms with Gasteiger partial charge in [-0.1, -0.05) is 41.6 Å². The fourth-order valence-corrected chi connectivity index (χ4v) is 3.87. The van der Waals surface area contributed by atoms with Gasteiger partial charge in [0.1, 0.15) is 0 Å². The first-order valence-electron chi connectivity index (χ1n) is 8.53. The quantitative estimate of drug-likeness (QED) is 0.593. The van der Waals surface area contributed by atoms with Crippen molar-refractivity contribution < 1.29 is 4.79 Å². The second-order valence-electron chi connectivity index (χ2n) is 6.43. The number of thioether (sulfide) groups is 1. The van der Waals surface area contributed by atoms with E-state index in [0.29, 0.717) is 16.0 Å².